The molecular weight excluding hydrogens is 362 g/mol. The van der Waals surface area contributed by atoms with Gasteiger partial charge in [-0.25, -0.2) is 4.98 Å². The Kier molecular flexibility index (Phi) is 5.83. The van der Waals surface area contributed by atoms with E-state index in [2.05, 4.69) is 15.6 Å². The number of amides is 2. The van der Waals surface area contributed by atoms with Crippen LogP contribution in [0.4, 0.5) is 5.69 Å². The van der Waals surface area contributed by atoms with Crippen molar-refractivity contribution in [1.29, 1.82) is 0 Å². The number of carbonyl (C=O) groups is 2. The number of benzene rings is 2. The molecule has 3 aromatic rings. The maximum Gasteiger partial charge on any atom is 0.267 e. The molecule has 1 aromatic heterocycles. The van der Waals surface area contributed by atoms with Gasteiger partial charge in [0.25, 0.3) is 11.8 Å². The summed E-state index contributed by atoms with van der Waals surface area (Å²) < 4.78 is 5.40. The van der Waals surface area contributed by atoms with Gasteiger partial charge in [-0.3, -0.25) is 9.59 Å². The summed E-state index contributed by atoms with van der Waals surface area (Å²) in [5, 5.41) is 6.15. The highest BCUT2D eigenvalue weighted by Crippen LogP contribution is 2.28. The fourth-order valence-electron chi connectivity index (χ4n) is 2.38. The van der Waals surface area contributed by atoms with Crippen LogP contribution in [-0.4, -0.2) is 30.5 Å². The number of anilines is 1. The molecule has 7 heteroatoms. The Labute approximate surface area is 161 Å². The second-order valence-electron chi connectivity index (χ2n) is 5.74. The Hall–Kier alpha value is -3.19. The van der Waals surface area contributed by atoms with E-state index in [9.17, 15) is 9.59 Å². The highest BCUT2D eigenvalue weighted by Gasteiger charge is 2.16. The van der Waals surface area contributed by atoms with Gasteiger partial charge in [0.15, 0.2) is 6.61 Å². The molecule has 27 heavy (non-hydrogen) atoms. The van der Waals surface area contributed by atoms with Crippen molar-refractivity contribution < 1.29 is 14.3 Å². The van der Waals surface area contributed by atoms with Crippen LogP contribution in [0.5, 0.6) is 5.75 Å². The average molecular weight is 381 g/mol. The normalized spacial score (nSPS) is 10.3. The van der Waals surface area contributed by atoms with Crippen LogP contribution in [0.1, 0.15) is 15.4 Å². The van der Waals surface area contributed by atoms with E-state index in [1.54, 1.807) is 31.3 Å². The van der Waals surface area contributed by atoms with E-state index in [-0.39, 0.29) is 18.4 Å². The third-order valence-corrected chi connectivity index (χ3v) is 4.97. The molecular formula is C20H19N3O3S. The molecule has 138 valence electrons. The minimum Gasteiger partial charge on any atom is -0.484 e. The highest BCUT2D eigenvalue weighted by molar-refractivity contribution is 7.17. The standard InChI is InChI=1S/C20H19N3O3S/c1-13-18(27-20(22-13)14-7-4-3-5-8-14)19(25)23-15-9-6-10-16(11-15)26-12-17(24)21-2/h3-11H,12H2,1-2H3,(H,21,24)(H,23,25). The zero-order valence-electron chi connectivity index (χ0n) is 15.0. The number of rotatable bonds is 6. The van der Waals surface area contributed by atoms with Gasteiger partial charge in [0.05, 0.1) is 5.69 Å². The average Bonchev–Trinajstić information content (AvgIpc) is 3.09. The van der Waals surface area contributed by atoms with Gasteiger partial charge in [-0.15, -0.1) is 11.3 Å². The fraction of sp³-hybridized carbons (Fsp3) is 0.150. The van der Waals surface area contributed by atoms with Crippen molar-refractivity contribution in [2.45, 2.75) is 6.92 Å². The summed E-state index contributed by atoms with van der Waals surface area (Å²) >= 11 is 1.35. The molecule has 0 saturated carbocycles. The molecule has 0 atom stereocenters. The van der Waals surface area contributed by atoms with Crippen LogP contribution < -0.4 is 15.4 Å². The van der Waals surface area contributed by atoms with Gasteiger partial charge in [-0.2, -0.15) is 0 Å². The lowest BCUT2D eigenvalue weighted by Crippen LogP contribution is -2.24. The predicted molar refractivity (Wildman–Crippen MR) is 106 cm³/mol. The number of nitrogens with one attached hydrogen (secondary N) is 2. The first-order chi connectivity index (χ1) is 13.1. The van der Waals surface area contributed by atoms with Crippen LogP contribution in [0.2, 0.25) is 0 Å². The summed E-state index contributed by atoms with van der Waals surface area (Å²) in [6.07, 6.45) is 0. The molecule has 0 fully saturated rings. The molecule has 2 amide bonds. The van der Waals surface area contributed by atoms with Crippen LogP contribution in [0, 0.1) is 6.92 Å². The lowest BCUT2D eigenvalue weighted by molar-refractivity contribution is -0.122. The molecule has 1 heterocycles. The van der Waals surface area contributed by atoms with E-state index in [1.807, 2.05) is 37.3 Å². The fourth-order valence-corrected chi connectivity index (χ4v) is 3.35. The van der Waals surface area contributed by atoms with Gasteiger partial charge >= 0.3 is 0 Å². The number of carbonyl (C=O) groups excluding carboxylic acids is 2. The predicted octanol–water partition coefficient (Wildman–Crippen LogP) is 3.50. The molecule has 0 aliphatic rings. The van der Waals surface area contributed by atoms with Crippen molar-refractivity contribution >= 4 is 28.8 Å². The van der Waals surface area contributed by atoms with E-state index in [0.29, 0.717) is 22.0 Å². The van der Waals surface area contributed by atoms with Crippen molar-refractivity contribution in [3.05, 3.63) is 65.2 Å². The number of aryl methyl sites for hydroxylation is 1. The van der Waals surface area contributed by atoms with Crippen molar-refractivity contribution in [1.82, 2.24) is 10.3 Å². The number of hydrogen-bond acceptors (Lipinski definition) is 5. The van der Waals surface area contributed by atoms with Gasteiger partial charge < -0.3 is 15.4 Å². The number of hydrogen-bond donors (Lipinski definition) is 2. The van der Waals surface area contributed by atoms with Crippen molar-refractivity contribution in [2.75, 3.05) is 19.0 Å². The largest absolute Gasteiger partial charge is 0.484 e. The summed E-state index contributed by atoms with van der Waals surface area (Å²) in [5.41, 5.74) is 2.25. The first-order valence-electron chi connectivity index (χ1n) is 8.34. The van der Waals surface area contributed by atoms with E-state index in [0.717, 1.165) is 10.6 Å². The molecule has 0 radical (unpaired) electrons. The molecule has 0 saturated heterocycles. The Morgan fingerprint density at radius 3 is 2.63 bits per heavy atom. The van der Waals surface area contributed by atoms with E-state index < -0.39 is 0 Å². The van der Waals surface area contributed by atoms with Gasteiger partial charge in [-0.1, -0.05) is 36.4 Å². The smallest absolute Gasteiger partial charge is 0.267 e. The van der Waals surface area contributed by atoms with Gasteiger partial charge in [0.2, 0.25) is 0 Å². The molecule has 0 bridgehead atoms. The van der Waals surface area contributed by atoms with Gasteiger partial charge in [0.1, 0.15) is 15.6 Å². The van der Waals surface area contributed by atoms with Crippen molar-refractivity contribution in [3.63, 3.8) is 0 Å². The molecule has 2 N–H and O–H groups in total. The lowest BCUT2D eigenvalue weighted by atomic mass is 10.2. The Balaban J connectivity index is 1.72. The maximum absolute atomic E-state index is 12.7. The maximum atomic E-state index is 12.7. The number of likely N-dealkylation sites (N-methyl/N-ethyl adjacent to an activating group) is 1. The lowest BCUT2D eigenvalue weighted by Gasteiger charge is -2.08. The van der Waals surface area contributed by atoms with Crippen molar-refractivity contribution in [2.24, 2.45) is 0 Å². The zero-order valence-corrected chi connectivity index (χ0v) is 15.8. The summed E-state index contributed by atoms with van der Waals surface area (Å²) in [6, 6.07) is 16.7. The van der Waals surface area contributed by atoms with Crippen LogP contribution in [0.3, 0.4) is 0 Å². The first kappa shape index (κ1) is 18.6. The highest BCUT2D eigenvalue weighted by atomic mass is 32.1. The summed E-state index contributed by atoms with van der Waals surface area (Å²) in [6.45, 7) is 1.74. The van der Waals surface area contributed by atoms with E-state index in [4.69, 9.17) is 4.74 Å². The molecule has 6 nitrogen and oxygen atoms in total. The topological polar surface area (TPSA) is 80.3 Å². The Morgan fingerprint density at radius 1 is 1.11 bits per heavy atom. The molecule has 0 spiro atoms. The number of ether oxygens (including phenoxy) is 1. The third-order valence-electron chi connectivity index (χ3n) is 3.76. The van der Waals surface area contributed by atoms with Crippen LogP contribution in [-0.2, 0) is 4.79 Å². The second-order valence-corrected chi connectivity index (χ2v) is 6.74. The molecule has 3 rings (SSSR count). The van der Waals surface area contributed by atoms with Gasteiger partial charge in [-0.05, 0) is 19.1 Å². The van der Waals surface area contributed by atoms with Crippen LogP contribution in [0.15, 0.2) is 54.6 Å². The summed E-state index contributed by atoms with van der Waals surface area (Å²) in [7, 11) is 1.55. The molecule has 0 aliphatic carbocycles. The number of thiazole rings is 1. The van der Waals surface area contributed by atoms with E-state index >= 15 is 0 Å². The zero-order chi connectivity index (χ0) is 19.2. The molecule has 2 aromatic carbocycles. The molecule has 0 unspecified atom stereocenters. The Morgan fingerprint density at radius 2 is 1.89 bits per heavy atom. The SMILES string of the molecule is CNC(=O)COc1cccc(NC(=O)c2sc(-c3ccccc3)nc2C)c1. The minimum atomic E-state index is -0.226. The quantitative estimate of drug-likeness (QED) is 0.685. The Bertz CT molecular complexity index is 954. The first-order valence-corrected chi connectivity index (χ1v) is 9.16. The monoisotopic (exact) mass is 381 g/mol. The number of nitrogens with zero attached hydrogens (tertiary/aromatic N) is 1. The summed E-state index contributed by atoms with van der Waals surface area (Å²) in [5.74, 6) is 0.0520. The minimum absolute atomic E-state index is 0.0811. The number of aromatic nitrogens is 1. The third kappa shape index (κ3) is 4.71. The van der Waals surface area contributed by atoms with E-state index in [1.165, 1.54) is 11.3 Å². The summed E-state index contributed by atoms with van der Waals surface area (Å²) in [4.78, 5) is 29.0. The molecule has 0 aliphatic heterocycles. The van der Waals surface area contributed by atoms with Crippen molar-refractivity contribution in [3.8, 4) is 16.3 Å². The van der Waals surface area contributed by atoms with Crippen LogP contribution in [0.25, 0.3) is 10.6 Å². The van der Waals surface area contributed by atoms with Gasteiger partial charge in [0, 0.05) is 24.4 Å². The second kappa shape index (κ2) is 8.46. The van der Waals surface area contributed by atoms with Crippen LogP contribution >= 0.6 is 11.3 Å².